The lowest BCUT2D eigenvalue weighted by atomic mass is 9.79. The van der Waals surface area contributed by atoms with Gasteiger partial charge in [-0.3, -0.25) is 0 Å². The van der Waals surface area contributed by atoms with Gasteiger partial charge in [0, 0.05) is 25.7 Å². The number of amides is 2. The van der Waals surface area contributed by atoms with E-state index in [4.69, 9.17) is 0 Å². The average Bonchev–Trinajstić information content (AvgIpc) is 2.35. The summed E-state index contributed by atoms with van der Waals surface area (Å²) in [4.78, 5) is 14.6. The lowest BCUT2D eigenvalue weighted by molar-refractivity contribution is 0.0541. The highest BCUT2D eigenvalue weighted by atomic mass is 16.2. The van der Waals surface area contributed by atoms with E-state index in [2.05, 4.69) is 15.5 Å². The molecule has 1 saturated heterocycles. The smallest absolute Gasteiger partial charge is 0.318 e. The van der Waals surface area contributed by atoms with E-state index in [1.54, 1.807) is 0 Å². The minimum absolute atomic E-state index is 0.115. The molecular formula is C14H25N3O. The minimum Gasteiger partial charge on any atom is -0.335 e. The number of nitrogens with zero attached hydrogens (tertiary/aromatic N) is 1. The van der Waals surface area contributed by atoms with E-state index in [0.29, 0.717) is 6.04 Å². The second-order valence-electron chi connectivity index (χ2n) is 6.19. The molecule has 4 heteroatoms. The Morgan fingerprint density at radius 2 is 1.94 bits per heavy atom. The first-order valence-electron chi connectivity index (χ1n) is 7.59. The summed E-state index contributed by atoms with van der Waals surface area (Å²) in [6, 6.07) is 0.649. The lowest BCUT2D eigenvalue weighted by Gasteiger charge is -2.50. The van der Waals surface area contributed by atoms with Gasteiger partial charge in [-0.1, -0.05) is 19.3 Å². The maximum absolute atomic E-state index is 12.5. The van der Waals surface area contributed by atoms with E-state index in [1.807, 2.05) is 0 Å². The lowest BCUT2D eigenvalue weighted by Crippen LogP contribution is -2.66. The predicted molar refractivity (Wildman–Crippen MR) is 71.6 cm³/mol. The second kappa shape index (κ2) is 5.08. The normalized spacial score (nSPS) is 27.9. The van der Waals surface area contributed by atoms with Crippen molar-refractivity contribution >= 4 is 6.03 Å². The molecule has 1 heterocycles. The van der Waals surface area contributed by atoms with Gasteiger partial charge in [-0.15, -0.1) is 0 Å². The van der Waals surface area contributed by atoms with Crippen molar-refractivity contribution in [3.8, 4) is 0 Å². The van der Waals surface area contributed by atoms with Crippen molar-refractivity contribution in [1.29, 1.82) is 0 Å². The molecule has 0 unspecified atom stereocenters. The number of hydrogen-bond acceptors (Lipinski definition) is 2. The summed E-state index contributed by atoms with van der Waals surface area (Å²) >= 11 is 0. The van der Waals surface area contributed by atoms with Gasteiger partial charge >= 0.3 is 6.03 Å². The second-order valence-corrected chi connectivity index (χ2v) is 6.19. The summed E-state index contributed by atoms with van der Waals surface area (Å²) in [6.07, 6.45) is 9.85. The molecule has 3 rings (SSSR count). The molecule has 4 nitrogen and oxygen atoms in total. The zero-order valence-corrected chi connectivity index (χ0v) is 11.2. The first-order valence-corrected chi connectivity index (χ1v) is 7.59. The summed E-state index contributed by atoms with van der Waals surface area (Å²) in [5.41, 5.74) is 0.115. The Balaban J connectivity index is 1.67. The van der Waals surface area contributed by atoms with Gasteiger partial charge in [0.05, 0.1) is 5.54 Å². The number of hydrogen-bond donors (Lipinski definition) is 2. The highest BCUT2D eigenvalue weighted by Crippen LogP contribution is 2.34. The molecule has 0 bridgehead atoms. The Kier molecular flexibility index (Phi) is 3.46. The van der Waals surface area contributed by atoms with Crippen molar-refractivity contribution < 1.29 is 4.79 Å². The van der Waals surface area contributed by atoms with Gasteiger partial charge in [0.1, 0.15) is 0 Å². The van der Waals surface area contributed by atoms with E-state index in [0.717, 1.165) is 19.6 Å². The summed E-state index contributed by atoms with van der Waals surface area (Å²) in [5.74, 6) is 0. The molecule has 18 heavy (non-hydrogen) atoms. The largest absolute Gasteiger partial charge is 0.335 e. The summed E-state index contributed by atoms with van der Waals surface area (Å²) < 4.78 is 0. The van der Waals surface area contributed by atoms with Crippen LogP contribution in [0.3, 0.4) is 0 Å². The van der Waals surface area contributed by atoms with Gasteiger partial charge in [0.25, 0.3) is 0 Å². The summed E-state index contributed by atoms with van der Waals surface area (Å²) in [7, 11) is 0. The Bertz CT molecular complexity index is 300. The van der Waals surface area contributed by atoms with Crippen LogP contribution in [0.1, 0.15) is 51.4 Å². The molecule has 2 amide bonds. The van der Waals surface area contributed by atoms with Crippen LogP contribution in [-0.4, -0.2) is 42.1 Å². The number of urea groups is 1. The molecular weight excluding hydrogens is 226 g/mol. The van der Waals surface area contributed by atoms with Crippen LogP contribution in [0.25, 0.3) is 0 Å². The zero-order chi connectivity index (χ0) is 12.4. The fourth-order valence-electron chi connectivity index (χ4n) is 3.62. The summed E-state index contributed by atoms with van der Waals surface area (Å²) in [6.45, 7) is 2.81. The highest BCUT2D eigenvalue weighted by Gasteiger charge is 2.42. The van der Waals surface area contributed by atoms with Crippen molar-refractivity contribution in [2.45, 2.75) is 62.9 Å². The number of piperazine rings is 1. The Hall–Kier alpha value is -0.770. The third-order valence-corrected chi connectivity index (χ3v) is 5.00. The van der Waals surface area contributed by atoms with Gasteiger partial charge in [-0.05, 0) is 32.1 Å². The van der Waals surface area contributed by atoms with Gasteiger partial charge in [0.15, 0.2) is 0 Å². The predicted octanol–water partition coefficient (Wildman–Crippen LogP) is 1.86. The fourth-order valence-corrected chi connectivity index (χ4v) is 3.62. The molecule has 2 aliphatic carbocycles. The molecule has 3 fully saturated rings. The Labute approximate surface area is 109 Å². The number of rotatable bonds is 1. The van der Waals surface area contributed by atoms with Crippen LogP contribution in [0.5, 0.6) is 0 Å². The van der Waals surface area contributed by atoms with Gasteiger partial charge in [0.2, 0.25) is 0 Å². The Morgan fingerprint density at radius 3 is 2.61 bits per heavy atom. The first kappa shape index (κ1) is 12.3. The molecule has 3 aliphatic rings. The fraction of sp³-hybridized carbons (Fsp3) is 0.929. The molecule has 1 aliphatic heterocycles. The SMILES string of the molecule is O=C(NC1CCC1)N1CCNCC12CCCCC2. The third-order valence-electron chi connectivity index (χ3n) is 5.00. The van der Waals surface area contributed by atoms with Crippen LogP contribution in [0.2, 0.25) is 0 Å². The van der Waals surface area contributed by atoms with Crippen molar-refractivity contribution in [2.24, 2.45) is 0 Å². The van der Waals surface area contributed by atoms with Crippen LogP contribution in [-0.2, 0) is 0 Å². The van der Waals surface area contributed by atoms with Crippen molar-refractivity contribution in [3.05, 3.63) is 0 Å². The van der Waals surface area contributed by atoms with E-state index in [1.165, 1.54) is 51.4 Å². The molecule has 0 aromatic carbocycles. The molecule has 102 valence electrons. The van der Waals surface area contributed by atoms with E-state index in [-0.39, 0.29) is 11.6 Å². The molecule has 0 atom stereocenters. The molecule has 2 N–H and O–H groups in total. The van der Waals surface area contributed by atoms with Crippen LogP contribution in [0.15, 0.2) is 0 Å². The van der Waals surface area contributed by atoms with E-state index >= 15 is 0 Å². The molecule has 2 saturated carbocycles. The topological polar surface area (TPSA) is 44.4 Å². The molecule has 0 aromatic heterocycles. The van der Waals surface area contributed by atoms with Gasteiger partial charge in [-0.25, -0.2) is 4.79 Å². The number of nitrogens with one attached hydrogen (secondary N) is 2. The van der Waals surface area contributed by atoms with Crippen LogP contribution in [0, 0.1) is 0 Å². The van der Waals surface area contributed by atoms with Crippen molar-refractivity contribution in [2.75, 3.05) is 19.6 Å². The standard InChI is InChI=1S/C14H25N3O/c18-13(16-12-5-4-6-12)17-10-9-15-11-14(17)7-2-1-3-8-14/h12,15H,1-11H2,(H,16,18). The average molecular weight is 251 g/mol. The number of carbonyl (C=O) groups is 1. The van der Waals surface area contributed by atoms with Crippen LogP contribution >= 0.6 is 0 Å². The van der Waals surface area contributed by atoms with Gasteiger partial charge < -0.3 is 15.5 Å². The Morgan fingerprint density at radius 1 is 1.17 bits per heavy atom. The highest BCUT2D eigenvalue weighted by molar-refractivity contribution is 5.75. The molecule has 0 aromatic rings. The molecule has 1 spiro atoms. The first-order chi connectivity index (χ1) is 8.80. The minimum atomic E-state index is 0.115. The van der Waals surface area contributed by atoms with E-state index in [9.17, 15) is 4.79 Å². The van der Waals surface area contributed by atoms with Crippen LogP contribution < -0.4 is 10.6 Å². The van der Waals surface area contributed by atoms with Gasteiger partial charge in [-0.2, -0.15) is 0 Å². The molecule has 0 radical (unpaired) electrons. The summed E-state index contributed by atoms with van der Waals surface area (Å²) in [5, 5.41) is 6.71. The maximum atomic E-state index is 12.5. The quantitative estimate of drug-likeness (QED) is 0.747. The zero-order valence-electron chi connectivity index (χ0n) is 11.2. The number of carbonyl (C=O) groups excluding carboxylic acids is 1. The monoisotopic (exact) mass is 251 g/mol. The van der Waals surface area contributed by atoms with Crippen molar-refractivity contribution in [1.82, 2.24) is 15.5 Å². The third kappa shape index (κ3) is 2.22. The maximum Gasteiger partial charge on any atom is 0.318 e. The van der Waals surface area contributed by atoms with Crippen LogP contribution in [0.4, 0.5) is 4.79 Å². The van der Waals surface area contributed by atoms with Crippen molar-refractivity contribution in [3.63, 3.8) is 0 Å². The van der Waals surface area contributed by atoms with E-state index < -0.39 is 0 Å².